The van der Waals surface area contributed by atoms with Gasteiger partial charge in [-0.05, 0) is 58.6 Å². The SMILES string of the molecule is COC1(CCCO)CCN(c2nccc(Cc3cc4c(cn3)nc(C)n4C(C)C)n2)CC1. The standard InChI is InChI=1S/C24H34N6O2/c1-17(2)30-18(3)27-21-16-26-20(15-22(21)30)14-19-6-10-25-23(28-19)29-11-8-24(32-4,9-12-29)7-5-13-31/h6,10,15-17,31H,5,7-9,11-14H2,1-4H3. The van der Waals surface area contributed by atoms with Gasteiger partial charge in [0.25, 0.3) is 0 Å². The zero-order chi connectivity index (χ0) is 22.7. The van der Waals surface area contributed by atoms with Gasteiger partial charge in [0.2, 0.25) is 5.95 Å². The molecule has 0 aliphatic carbocycles. The molecule has 32 heavy (non-hydrogen) atoms. The predicted octanol–water partition coefficient (Wildman–Crippen LogP) is 3.46. The number of hydrogen-bond acceptors (Lipinski definition) is 7. The monoisotopic (exact) mass is 438 g/mol. The summed E-state index contributed by atoms with van der Waals surface area (Å²) in [5.41, 5.74) is 3.84. The molecule has 0 spiro atoms. The zero-order valence-electron chi connectivity index (χ0n) is 19.6. The molecular weight excluding hydrogens is 404 g/mol. The summed E-state index contributed by atoms with van der Waals surface area (Å²) in [4.78, 5) is 20.9. The highest BCUT2D eigenvalue weighted by molar-refractivity contribution is 5.75. The number of anilines is 1. The number of hydrogen-bond donors (Lipinski definition) is 1. The van der Waals surface area contributed by atoms with Gasteiger partial charge in [-0.15, -0.1) is 0 Å². The van der Waals surface area contributed by atoms with Gasteiger partial charge in [-0.2, -0.15) is 0 Å². The van der Waals surface area contributed by atoms with Gasteiger partial charge in [-0.1, -0.05) is 0 Å². The highest BCUT2D eigenvalue weighted by Crippen LogP contribution is 2.31. The molecule has 1 aliphatic rings. The second kappa shape index (κ2) is 9.50. The number of piperidine rings is 1. The predicted molar refractivity (Wildman–Crippen MR) is 125 cm³/mol. The van der Waals surface area contributed by atoms with E-state index < -0.39 is 0 Å². The third-order valence-electron chi connectivity index (χ3n) is 6.57. The second-order valence-electron chi connectivity index (χ2n) is 9.01. The topological polar surface area (TPSA) is 89.2 Å². The molecule has 1 saturated heterocycles. The number of aliphatic hydroxyl groups is 1. The van der Waals surface area contributed by atoms with E-state index in [1.807, 2.05) is 25.4 Å². The summed E-state index contributed by atoms with van der Waals surface area (Å²) in [5, 5.41) is 9.19. The van der Waals surface area contributed by atoms with Gasteiger partial charge in [-0.25, -0.2) is 15.0 Å². The Morgan fingerprint density at radius 2 is 1.94 bits per heavy atom. The maximum Gasteiger partial charge on any atom is 0.225 e. The molecule has 0 radical (unpaired) electrons. The van der Waals surface area contributed by atoms with Gasteiger partial charge in [-0.3, -0.25) is 4.98 Å². The zero-order valence-corrected chi connectivity index (χ0v) is 19.6. The minimum atomic E-state index is -0.145. The molecule has 172 valence electrons. The lowest BCUT2D eigenvalue weighted by molar-refractivity contribution is -0.0399. The fourth-order valence-corrected chi connectivity index (χ4v) is 4.80. The lowest BCUT2D eigenvalue weighted by Crippen LogP contribution is -2.46. The van der Waals surface area contributed by atoms with Crippen LogP contribution in [0, 0.1) is 6.92 Å². The molecule has 4 heterocycles. The fraction of sp³-hybridized carbons (Fsp3) is 0.583. The van der Waals surface area contributed by atoms with Crippen molar-refractivity contribution in [1.82, 2.24) is 24.5 Å². The average Bonchev–Trinajstić information content (AvgIpc) is 3.13. The van der Waals surface area contributed by atoms with E-state index in [0.717, 1.165) is 73.0 Å². The Labute approximate surface area is 189 Å². The molecule has 0 aromatic carbocycles. The number of ether oxygens (including phenoxy) is 1. The number of fused-ring (bicyclic) bond motifs is 1. The van der Waals surface area contributed by atoms with Crippen molar-refractivity contribution < 1.29 is 9.84 Å². The van der Waals surface area contributed by atoms with Crippen LogP contribution in [0.1, 0.15) is 62.8 Å². The number of aliphatic hydroxyl groups excluding tert-OH is 1. The van der Waals surface area contributed by atoms with Crippen LogP contribution >= 0.6 is 0 Å². The molecule has 0 unspecified atom stereocenters. The molecule has 0 atom stereocenters. The van der Waals surface area contributed by atoms with E-state index in [2.05, 4.69) is 44.3 Å². The lowest BCUT2D eigenvalue weighted by atomic mass is 9.87. The number of aromatic nitrogens is 5. The molecule has 4 rings (SSSR count). The Morgan fingerprint density at radius 3 is 2.62 bits per heavy atom. The highest BCUT2D eigenvalue weighted by atomic mass is 16.5. The summed E-state index contributed by atoms with van der Waals surface area (Å²) in [7, 11) is 1.78. The Balaban J connectivity index is 1.49. The molecule has 3 aromatic rings. The van der Waals surface area contributed by atoms with Crippen molar-refractivity contribution in [2.24, 2.45) is 0 Å². The molecule has 1 aliphatic heterocycles. The first-order valence-electron chi connectivity index (χ1n) is 11.5. The van der Waals surface area contributed by atoms with Crippen LogP contribution < -0.4 is 4.90 Å². The molecule has 1 N–H and O–H groups in total. The molecular formula is C24H34N6O2. The minimum absolute atomic E-state index is 0.145. The van der Waals surface area contributed by atoms with E-state index in [1.54, 1.807) is 7.11 Å². The first kappa shape index (κ1) is 22.6. The summed E-state index contributed by atoms with van der Waals surface area (Å²) < 4.78 is 8.09. The Morgan fingerprint density at radius 1 is 1.16 bits per heavy atom. The Bertz CT molecular complexity index is 1060. The number of pyridine rings is 1. The van der Waals surface area contributed by atoms with E-state index >= 15 is 0 Å². The number of imidazole rings is 1. The van der Waals surface area contributed by atoms with E-state index in [-0.39, 0.29) is 12.2 Å². The number of methoxy groups -OCH3 is 1. The van der Waals surface area contributed by atoms with Crippen molar-refractivity contribution in [3.8, 4) is 0 Å². The van der Waals surface area contributed by atoms with Crippen molar-refractivity contribution in [3.05, 3.63) is 41.7 Å². The van der Waals surface area contributed by atoms with Gasteiger partial charge in [0.05, 0.1) is 23.0 Å². The summed E-state index contributed by atoms with van der Waals surface area (Å²) in [6.07, 6.45) is 7.83. The third-order valence-corrected chi connectivity index (χ3v) is 6.57. The van der Waals surface area contributed by atoms with Gasteiger partial charge < -0.3 is 19.3 Å². The third kappa shape index (κ3) is 4.61. The average molecular weight is 439 g/mol. The molecule has 0 amide bonds. The normalized spacial score (nSPS) is 16.2. The summed E-state index contributed by atoms with van der Waals surface area (Å²) in [6, 6.07) is 4.44. The Kier molecular flexibility index (Phi) is 6.71. The van der Waals surface area contributed by atoms with Crippen LogP contribution in [-0.2, 0) is 11.2 Å². The number of rotatable bonds is 8. The summed E-state index contributed by atoms with van der Waals surface area (Å²) in [6.45, 7) is 8.28. The van der Waals surface area contributed by atoms with Gasteiger partial charge >= 0.3 is 0 Å². The first-order chi connectivity index (χ1) is 15.4. The van der Waals surface area contributed by atoms with Crippen LogP contribution in [0.25, 0.3) is 11.0 Å². The van der Waals surface area contributed by atoms with Crippen LogP contribution in [0.3, 0.4) is 0 Å². The van der Waals surface area contributed by atoms with E-state index in [1.165, 1.54) is 0 Å². The highest BCUT2D eigenvalue weighted by Gasteiger charge is 2.34. The number of aryl methyl sites for hydroxylation is 1. The van der Waals surface area contributed by atoms with Gasteiger partial charge in [0, 0.05) is 51.2 Å². The summed E-state index contributed by atoms with van der Waals surface area (Å²) >= 11 is 0. The smallest absolute Gasteiger partial charge is 0.225 e. The van der Waals surface area contributed by atoms with Gasteiger partial charge in [0.1, 0.15) is 11.3 Å². The quantitative estimate of drug-likeness (QED) is 0.576. The van der Waals surface area contributed by atoms with E-state index in [9.17, 15) is 5.11 Å². The minimum Gasteiger partial charge on any atom is -0.396 e. The van der Waals surface area contributed by atoms with Crippen molar-refractivity contribution in [2.75, 3.05) is 31.7 Å². The largest absolute Gasteiger partial charge is 0.396 e. The molecule has 8 nitrogen and oxygen atoms in total. The first-order valence-corrected chi connectivity index (χ1v) is 11.5. The van der Waals surface area contributed by atoms with Crippen molar-refractivity contribution in [1.29, 1.82) is 0 Å². The van der Waals surface area contributed by atoms with Crippen LogP contribution in [0.4, 0.5) is 5.95 Å². The molecule has 8 heteroatoms. The molecule has 3 aromatic heterocycles. The molecule has 0 bridgehead atoms. The van der Waals surface area contributed by atoms with Gasteiger partial charge in [0.15, 0.2) is 0 Å². The van der Waals surface area contributed by atoms with Crippen LogP contribution in [0.5, 0.6) is 0 Å². The van der Waals surface area contributed by atoms with E-state index in [0.29, 0.717) is 12.5 Å². The number of nitrogens with zero attached hydrogens (tertiary/aromatic N) is 6. The maximum absolute atomic E-state index is 9.19. The lowest BCUT2D eigenvalue weighted by Gasteiger charge is -2.41. The van der Waals surface area contributed by atoms with Crippen LogP contribution in [-0.4, -0.2) is 62.0 Å². The molecule has 1 fully saturated rings. The van der Waals surface area contributed by atoms with Crippen LogP contribution in [0.2, 0.25) is 0 Å². The fourth-order valence-electron chi connectivity index (χ4n) is 4.80. The van der Waals surface area contributed by atoms with Crippen LogP contribution in [0.15, 0.2) is 24.5 Å². The molecule has 0 saturated carbocycles. The second-order valence-corrected chi connectivity index (χ2v) is 9.01. The van der Waals surface area contributed by atoms with Crippen molar-refractivity contribution >= 4 is 17.0 Å². The van der Waals surface area contributed by atoms with E-state index in [4.69, 9.17) is 9.72 Å². The Hall–Kier alpha value is -2.58. The van der Waals surface area contributed by atoms with Crippen molar-refractivity contribution in [3.63, 3.8) is 0 Å². The van der Waals surface area contributed by atoms with Crippen molar-refractivity contribution in [2.45, 2.75) is 64.5 Å². The maximum atomic E-state index is 9.19. The summed E-state index contributed by atoms with van der Waals surface area (Å²) in [5.74, 6) is 1.77.